The molecule has 1 N–H and O–H groups in total. The van der Waals surface area contributed by atoms with E-state index >= 15 is 0 Å². The van der Waals surface area contributed by atoms with Crippen molar-refractivity contribution in [3.05, 3.63) is 23.4 Å². The zero-order valence-corrected chi connectivity index (χ0v) is 22.0. The highest BCUT2D eigenvalue weighted by molar-refractivity contribution is 5.97. The molecule has 0 spiro atoms. The molecule has 1 aromatic heterocycles. The Bertz CT molecular complexity index is 988. The summed E-state index contributed by atoms with van der Waals surface area (Å²) in [7, 11) is 1.85. The van der Waals surface area contributed by atoms with Crippen LogP contribution in [0, 0.1) is 29.6 Å². The van der Waals surface area contributed by atoms with Crippen LogP contribution in [0.1, 0.15) is 87.6 Å². The summed E-state index contributed by atoms with van der Waals surface area (Å²) in [5, 5.41) is 9.87. The fraction of sp³-hybridized carbons (Fsp3) is 0.690. The van der Waals surface area contributed by atoms with Crippen molar-refractivity contribution < 1.29 is 19.4 Å². The molecule has 0 radical (unpaired) electrons. The van der Waals surface area contributed by atoms with E-state index < -0.39 is 0 Å². The molecule has 2 amide bonds. The van der Waals surface area contributed by atoms with Gasteiger partial charge in [0.05, 0.1) is 19.2 Å². The first kappa shape index (κ1) is 26.5. The first-order valence-corrected chi connectivity index (χ1v) is 13.7. The number of aromatic nitrogens is 1. The molecule has 0 aromatic carbocycles. The van der Waals surface area contributed by atoms with Crippen molar-refractivity contribution >= 4 is 11.8 Å². The minimum atomic E-state index is -0.346. The summed E-state index contributed by atoms with van der Waals surface area (Å²) in [4.78, 5) is 34.7. The lowest BCUT2D eigenvalue weighted by Gasteiger charge is -2.38. The zero-order chi connectivity index (χ0) is 25.7. The van der Waals surface area contributed by atoms with Gasteiger partial charge in [-0.05, 0) is 38.7 Å². The van der Waals surface area contributed by atoms with Crippen molar-refractivity contribution in [2.75, 3.05) is 26.7 Å². The molecule has 4 rings (SSSR count). The maximum atomic E-state index is 13.6. The summed E-state index contributed by atoms with van der Waals surface area (Å²) in [6.45, 7) is 4.59. The SMILES string of the molecule is C[C@@H]1CN([C@@H](C)CO)C(=O)c2cc(C#CC3CCCC3)cnc2O[C@@H]1CN(C)C(=O)C1CCCCC1. The third-order valence-electron chi connectivity index (χ3n) is 8.08. The molecular formula is C29H41N3O4. The predicted octanol–water partition coefficient (Wildman–Crippen LogP) is 3.88. The number of hydrogen-bond donors (Lipinski definition) is 1. The molecular weight excluding hydrogens is 454 g/mol. The number of pyridine rings is 1. The standard InChI is InChI=1S/C29H41N3O4/c1-20-17-32(21(2)19-33)29(35)25-15-23(14-13-22-9-7-8-10-22)16-30-27(25)36-26(20)18-31(3)28(34)24-11-5-4-6-12-24/h15-16,20-22,24,26,33H,4-12,17-19H2,1-3H3/t20-,21+,26-/m1/s1. The molecule has 2 fully saturated rings. The average molecular weight is 496 g/mol. The van der Waals surface area contributed by atoms with Crippen LogP contribution < -0.4 is 4.74 Å². The lowest BCUT2D eigenvalue weighted by molar-refractivity contribution is -0.136. The van der Waals surface area contributed by atoms with Gasteiger partial charge in [-0.2, -0.15) is 0 Å². The normalized spacial score (nSPS) is 24.1. The van der Waals surface area contributed by atoms with Crippen LogP contribution >= 0.6 is 0 Å². The molecule has 0 bridgehead atoms. The predicted molar refractivity (Wildman–Crippen MR) is 138 cm³/mol. The van der Waals surface area contributed by atoms with Crippen LogP contribution in [0.3, 0.4) is 0 Å². The van der Waals surface area contributed by atoms with Gasteiger partial charge in [-0.3, -0.25) is 9.59 Å². The van der Waals surface area contributed by atoms with Crippen LogP contribution in [0.15, 0.2) is 12.3 Å². The van der Waals surface area contributed by atoms with E-state index in [1.165, 1.54) is 19.3 Å². The Labute approximate surface area is 215 Å². The second-order valence-electron chi connectivity index (χ2n) is 11.0. The quantitative estimate of drug-likeness (QED) is 0.627. The third-order valence-corrected chi connectivity index (χ3v) is 8.08. The molecule has 196 valence electrons. The van der Waals surface area contributed by atoms with Crippen molar-refractivity contribution in [3.63, 3.8) is 0 Å². The number of fused-ring (bicyclic) bond motifs is 1. The third kappa shape index (κ3) is 6.21. The molecule has 1 aliphatic heterocycles. The lowest BCUT2D eigenvalue weighted by atomic mass is 9.88. The summed E-state index contributed by atoms with van der Waals surface area (Å²) in [6, 6.07) is 1.43. The maximum Gasteiger partial charge on any atom is 0.259 e. The van der Waals surface area contributed by atoms with Crippen molar-refractivity contribution in [3.8, 4) is 17.7 Å². The summed E-state index contributed by atoms with van der Waals surface area (Å²) in [5.74, 6) is 7.24. The minimum absolute atomic E-state index is 0.0543. The number of ether oxygens (including phenoxy) is 1. The summed E-state index contributed by atoms with van der Waals surface area (Å²) < 4.78 is 6.36. The van der Waals surface area contributed by atoms with E-state index in [2.05, 4.69) is 16.8 Å². The number of carbonyl (C=O) groups is 2. The smallest absolute Gasteiger partial charge is 0.259 e. The van der Waals surface area contributed by atoms with Crippen molar-refractivity contribution in [2.24, 2.45) is 17.8 Å². The van der Waals surface area contributed by atoms with Gasteiger partial charge in [-0.1, -0.05) is 50.9 Å². The Morgan fingerprint density at radius 3 is 2.61 bits per heavy atom. The Hall–Kier alpha value is -2.59. The van der Waals surface area contributed by atoms with Gasteiger partial charge in [-0.25, -0.2) is 4.98 Å². The van der Waals surface area contributed by atoms with Gasteiger partial charge in [0.25, 0.3) is 5.91 Å². The van der Waals surface area contributed by atoms with Gasteiger partial charge in [0.15, 0.2) is 0 Å². The average Bonchev–Trinajstić information content (AvgIpc) is 3.43. The van der Waals surface area contributed by atoms with E-state index in [1.807, 2.05) is 20.9 Å². The van der Waals surface area contributed by atoms with E-state index in [4.69, 9.17) is 4.74 Å². The van der Waals surface area contributed by atoms with E-state index in [9.17, 15) is 14.7 Å². The molecule has 7 heteroatoms. The molecule has 2 aliphatic carbocycles. The van der Waals surface area contributed by atoms with Gasteiger partial charge in [0.1, 0.15) is 11.7 Å². The fourth-order valence-electron chi connectivity index (χ4n) is 5.67. The number of nitrogens with zero attached hydrogens (tertiary/aromatic N) is 3. The molecule has 7 nitrogen and oxygen atoms in total. The van der Waals surface area contributed by atoms with Crippen molar-refractivity contribution in [2.45, 2.75) is 83.8 Å². The lowest BCUT2D eigenvalue weighted by Crippen LogP contribution is -2.51. The highest BCUT2D eigenvalue weighted by Crippen LogP contribution is 2.29. The van der Waals surface area contributed by atoms with E-state index in [-0.39, 0.29) is 48.3 Å². The molecule has 0 unspecified atom stereocenters. The molecule has 3 atom stereocenters. The van der Waals surface area contributed by atoms with Crippen LogP contribution in [-0.4, -0.2) is 70.6 Å². The van der Waals surface area contributed by atoms with Crippen molar-refractivity contribution in [1.29, 1.82) is 0 Å². The Morgan fingerprint density at radius 1 is 1.22 bits per heavy atom. The Balaban J connectivity index is 1.59. The van der Waals surface area contributed by atoms with Gasteiger partial charge >= 0.3 is 0 Å². The van der Waals surface area contributed by atoms with E-state index in [0.29, 0.717) is 30.1 Å². The van der Waals surface area contributed by atoms with Crippen LogP contribution in [0.4, 0.5) is 0 Å². The second-order valence-corrected chi connectivity index (χ2v) is 11.0. The van der Waals surface area contributed by atoms with Crippen LogP contribution in [0.5, 0.6) is 5.88 Å². The van der Waals surface area contributed by atoms with Crippen LogP contribution in [-0.2, 0) is 4.79 Å². The first-order chi connectivity index (χ1) is 17.4. The summed E-state index contributed by atoms with van der Waals surface area (Å²) in [6.07, 6.45) is 11.4. The summed E-state index contributed by atoms with van der Waals surface area (Å²) >= 11 is 0. The monoisotopic (exact) mass is 495 g/mol. The number of hydrogen-bond acceptors (Lipinski definition) is 5. The summed E-state index contributed by atoms with van der Waals surface area (Å²) in [5.41, 5.74) is 1.07. The topological polar surface area (TPSA) is 83.0 Å². The minimum Gasteiger partial charge on any atom is -0.472 e. The zero-order valence-electron chi connectivity index (χ0n) is 22.0. The van der Waals surface area contributed by atoms with Gasteiger partial charge in [0, 0.05) is 43.1 Å². The number of likely N-dealkylation sites (N-methyl/N-ethyl adjacent to an activating group) is 1. The fourth-order valence-corrected chi connectivity index (χ4v) is 5.67. The molecule has 2 heterocycles. The molecule has 1 aromatic rings. The molecule has 36 heavy (non-hydrogen) atoms. The molecule has 0 saturated heterocycles. The largest absolute Gasteiger partial charge is 0.472 e. The molecule has 3 aliphatic rings. The van der Waals surface area contributed by atoms with Crippen LogP contribution in [0.2, 0.25) is 0 Å². The van der Waals surface area contributed by atoms with Gasteiger partial charge in [0.2, 0.25) is 11.8 Å². The van der Waals surface area contributed by atoms with Crippen molar-refractivity contribution in [1.82, 2.24) is 14.8 Å². The van der Waals surface area contributed by atoms with E-state index in [1.54, 1.807) is 22.1 Å². The van der Waals surface area contributed by atoms with E-state index in [0.717, 1.165) is 38.5 Å². The maximum absolute atomic E-state index is 13.6. The second kappa shape index (κ2) is 12.1. The highest BCUT2D eigenvalue weighted by atomic mass is 16.5. The number of rotatable bonds is 5. The van der Waals surface area contributed by atoms with Gasteiger partial charge < -0.3 is 19.6 Å². The first-order valence-electron chi connectivity index (χ1n) is 13.7. The Kier molecular flexibility index (Phi) is 8.90. The van der Waals surface area contributed by atoms with Gasteiger partial charge in [-0.15, -0.1) is 0 Å². The Morgan fingerprint density at radius 2 is 1.92 bits per heavy atom. The number of aliphatic hydroxyl groups excluding tert-OH is 1. The van der Waals surface area contributed by atoms with Crippen LogP contribution in [0.25, 0.3) is 0 Å². The number of amides is 2. The number of aliphatic hydroxyl groups is 1. The highest BCUT2D eigenvalue weighted by Gasteiger charge is 2.35. The molecule has 2 saturated carbocycles. The number of carbonyl (C=O) groups excluding carboxylic acids is 2.